The second kappa shape index (κ2) is 12.0. The number of nitrogens with one attached hydrogen (secondary N) is 2. The van der Waals surface area contributed by atoms with E-state index in [0.717, 1.165) is 57.5 Å². The summed E-state index contributed by atoms with van der Waals surface area (Å²) in [6, 6.07) is 13.5. The monoisotopic (exact) mass is 463 g/mol. The Hall–Kier alpha value is -2.86. The van der Waals surface area contributed by atoms with Gasteiger partial charge in [0.1, 0.15) is 0 Å². The highest BCUT2D eigenvalue weighted by Crippen LogP contribution is 2.28. The lowest BCUT2D eigenvalue weighted by Crippen LogP contribution is -2.33. The molecule has 0 saturated carbocycles. The zero-order valence-electron chi connectivity index (χ0n) is 20.3. The van der Waals surface area contributed by atoms with E-state index in [2.05, 4.69) is 22.5 Å². The largest absolute Gasteiger partial charge is 0.376 e. The molecule has 2 heterocycles. The van der Waals surface area contributed by atoms with Crippen molar-refractivity contribution in [1.82, 2.24) is 5.32 Å². The first-order valence-electron chi connectivity index (χ1n) is 12.8. The third kappa shape index (κ3) is 6.38. The topological polar surface area (TPSA) is 70.7 Å². The highest BCUT2D eigenvalue weighted by molar-refractivity contribution is 6.06. The van der Waals surface area contributed by atoms with E-state index < -0.39 is 0 Å². The summed E-state index contributed by atoms with van der Waals surface area (Å²) in [6.45, 7) is 5.37. The summed E-state index contributed by atoms with van der Waals surface area (Å²) in [5, 5.41) is 6.02. The van der Waals surface area contributed by atoms with E-state index in [0.29, 0.717) is 23.4 Å². The maximum Gasteiger partial charge on any atom is 0.255 e. The normalized spacial score (nSPS) is 17.7. The van der Waals surface area contributed by atoms with Crippen molar-refractivity contribution in [2.24, 2.45) is 0 Å². The van der Waals surface area contributed by atoms with Gasteiger partial charge in [0, 0.05) is 43.2 Å². The van der Waals surface area contributed by atoms with Gasteiger partial charge in [-0.2, -0.15) is 0 Å². The number of anilines is 2. The predicted octanol–water partition coefficient (Wildman–Crippen LogP) is 5.18. The van der Waals surface area contributed by atoms with Crippen LogP contribution in [0.1, 0.15) is 78.1 Å². The number of amides is 2. The molecule has 4 rings (SSSR count). The van der Waals surface area contributed by atoms with Crippen molar-refractivity contribution in [1.29, 1.82) is 0 Å². The van der Waals surface area contributed by atoms with Gasteiger partial charge in [0.25, 0.3) is 11.8 Å². The average Bonchev–Trinajstić information content (AvgIpc) is 3.58. The molecule has 0 aromatic heterocycles. The molecule has 2 fully saturated rings. The summed E-state index contributed by atoms with van der Waals surface area (Å²) in [5.41, 5.74) is 4.03. The van der Waals surface area contributed by atoms with E-state index in [1.165, 1.54) is 24.8 Å². The Morgan fingerprint density at radius 2 is 1.79 bits per heavy atom. The summed E-state index contributed by atoms with van der Waals surface area (Å²) in [5.74, 6) is -0.287. The molecule has 2 N–H and O–H groups in total. The SMILES string of the molecule is CCCCCc1ccc(C(=O)Nc2ccc(N3CCCC3)c(C(=O)NCC3CCCO3)c2)cc1. The standard InChI is InChI=1S/C28H37N3O3/c1-2-3-4-8-21-10-12-22(13-11-21)27(32)30-23-14-15-26(31-16-5-6-17-31)25(19-23)28(33)29-20-24-9-7-18-34-24/h10-15,19,24H,2-9,16-18,20H2,1H3,(H,29,33)(H,30,32). The van der Waals surface area contributed by atoms with E-state index >= 15 is 0 Å². The molecule has 2 aromatic rings. The van der Waals surface area contributed by atoms with Crippen LogP contribution < -0.4 is 15.5 Å². The molecule has 2 aliphatic rings. The lowest BCUT2D eigenvalue weighted by molar-refractivity contribution is 0.0858. The third-order valence-electron chi connectivity index (χ3n) is 6.75. The zero-order valence-corrected chi connectivity index (χ0v) is 20.3. The first-order valence-corrected chi connectivity index (χ1v) is 12.8. The van der Waals surface area contributed by atoms with Gasteiger partial charge in [-0.05, 0) is 74.4 Å². The molecule has 0 bridgehead atoms. The fraction of sp³-hybridized carbons (Fsp3) is 0.500. The number of unbranched alkanes of at least 4 members (excludes halogenated alkanes) is 2. The predicted molar refractivity (Wildman–Crippen MR) is 137 cm³/mol. The molecule has 1 atom stereocenters. The molecule has 2 saturated heterocycles. The van der Waals surface area contributed by atoms with Gasteiger partial charge in [-0.1, -0.05) is 31.9 Å². The molecule has 0 spiro atoms. The van der Waals surface area contributed by atoms with Crippen LogP contribution in [-0.2, 0) is 11.2 Å². The Bertz CT molecular complexity index is 961. The number of ether oxygens (including phenoxy) is 1. The molecule has 182 valence electrons. The van der Waals surface area contributed by atoms with Gasteiger partial charge < -0.3 is 20.3 Å². The highest BCUT2D eigenvalue weighted by atomic mass is 16.5. The van der Waals surface area contributed by atoms with Crippen molar-refractivity contribution in [3.8, 4) is 0 Å². The smallest absolute Gasteiger partial charge is 0.255 e. The Morgan fingerprint density at radius 1 is 1.00 bits per heavy atom. The van der Waals surface area contributed by atoms with E-state index in [4.69, 9.17) is 4.74 Å². The number of hydrogen-bond donors (Lipinski definition) is 2. The zero-order chi connectivity index (χ0) is 23.8. The fourth-order valence-electron chi connectivity index (χ4n) is 4.74. The maximum absolute atomic E-state index is 13.1. The Kier molecular flexibility index (Phi) is 8.58. The van der Waals surface area contributed by atoms with E-state index in [-0.39, 0.29) is 17.9 Å². The summed E-state index contributed by atoms with van der Waals surface area (Å²) in [7, 11) is 0. The van der Waals surface area contributed by atoms with Gasteiger partial charge in [0.2, 0.25) is 0 Å². The van der Waals surface area contributed by atoms with Gasteiger partial charge in [-0.25, -0.2) is 0 Å². The summed E-state index contributed by atoms with van der Waals surface area (Å²) < 4.78 is 5.65. The summed E-state index contributed by atoms with van der Waals surface area (Å²) >= 11 is 0. The van der Waals surface area contributed by atoms with Crippen molar-refractivity contribution < 1.29 is 14.3 Å². The number of aryl methyl sites for hydroxylation is 1. The summed E-state index contributed by atoms with van der Waals surface area (Å²) in [6.07, 6.45) is 9.00. The van der Waals surface area contributed by atoms with Crippen LogP contribution in [0, 0.1) is 0 Å². The molecule has 2 aliphatic heterocycles. The van der Waals surface area contributed by atoms with Crippen LogP contribution in [0.5, 0.6) is 0 Å². The van der Waals surface area contributed by atoms with E-state index in [9.17, 15) is 9.59 Å². The molecule has 6 nitrogen and oxygen atoms in total. The van der Waals surface area contributed by atoms with Crippen LogP contribution in [0.15, 0.2) is 42.5 Å². The molecule has 6 heteroatoms. The molecule has 2 aromatic carbocycles. The van der Waals surface area contributed by atoms with Crippen LogP contribution in [-0.4, -0.2) is 44.2 Å². The van der Waals surface area contributed by atoms with Crippen LogP contribution in [0.2, 0.25) is 0 Å². The van der Waals surface area contributed by atoms with E-state index in [1.54, 1.807) is 6.07 Å². The second-order valence-electron chi connectivity index (χ2n) is 9.38. The first-order chi connectivity index (χ1) is 16.6. The number of carbonyl (C=O) groups is 2. The van der Waals surface area contributed by atoms with Crippen molar-refractivity contribution in [3.05, 3.63) is 59.2 Å². The van der Waals surface area contributed by atoms with Crippen LogP contribution in [0.3, 0.4) is 0 Å². The lowest BCUT2D eigenvalue weighted by atomic mass is 10.0. The van der Waals surface area contributed by atoms with Crippen LogP contribution in [0.4, 0.5) is 11.4 Å². The first kappa shape index (κ1) is 24.3. The van der Waals surface area contributed by atoms with E-state index in [1.807, 2.05) is 36.4 Å². The third-order valence-corrected chi connectivity index (χ3v) is 6.75. The van der Waals surface area contributed by atoms with Crippen LogP contribution >= 0.6 is 0 Å². The minimum atomic E-state index is -0.167. The highest BCUT2D eigenvalue weighted by Gasteiger charge is 2.22. The Labute approximate surface area is 203 Å². The lowest BCUT2D eigenvalue weighted by Gasteiger charge is -2.22. The van der Waals surface area contributed by atoms with Crippen molar-refractivity contribution in [3.63, 3.8) is 0 Å². The van der Waals surface area contributed by atoms with Crippen molar-refractivity contribution >= 4 is 23.2 Å². The van der Waals surface area contributed by atoms with Crippen LogP contribution in [0.25, 0.3) is 0 Å². The van der Waals surface area contributed by atoms with Gasteiger partial charge in [-0.15, -0.1) is 0 Å². The quantitative estimate of drug-likeness (QED) is 0.476. The number of benzene rings is 2. The van der Waals surface area contributed by atoms with Crippen molar-refractivity contribution in [2.75, 3.05) is 36.5 Å². The van der Waals surface area contributed by atoms with Crippen molar-refractivity contribution in [2.45, 2.75) is 64.4 Å². The number of nitrogens with zero attached hydrogens (tertiary/aromatic N) is 1. The Balaban J connectivity index is 1.45. The molecule has 0 aliphatic carbocycles. The van der Waals surface area contributed by atoms with Gasteiger partial charge in [0.05, 0.1) is 11.7 Å². The summed E-state index contributed by atoms with van der Waals surface area (Å²) in [4.78, 5) is 28.2. The van der Waals surface area contributed by atoms with Gasteiger partial charge >= 0.3 is 0 Å². The maximum atomic E-state index is 13.1. The molecular formula is C28H37N3O3. The number of carbonyl (C=O) groups excluding carboxylic acids is 2. The molecule has 0 radical (unpaired) electrons. The molecule has 1 unspecified atom stereocenters. The Morgan fingerprint density at radius 3 is 2.50 bits per heavy atom. The minimum absolute atomic E-state index is 0.0898. The molecule has 2 amide bonds. The molecule has 34 heavy (non-hydrogen) atoms. The average molecular weight is 464 g/mol. The number of rotatable bonds is 10. The van der Waals surface area contributed by atoms with Gasteiger partial charge in [0.15, 0.2) is 0 Å². The number of hydrogen-bond acceptors (Lipinski definition) is 4. The second-order valence-corrected chi connectivity index (χ2v) is 9.38. The fourth-order valence-corrected chi connectivity index (χ4v) is 4.74. The minimum Gasteiger partial charge on any atom is -0.376 e. The van der Waals surface area contributed by atoms with Gasteiger partial charge in [-0.3, -0.25) is 9.59 Å². The molecular weight excluding hydrogens is 426 g/mol.